The highest BCUT2D eigenvalue weighted by Gasteiger charge is 2.11. The van der Waals surface area contributed by atoms with Crippen LogP contribution < -0.4 is 10.6 Å². The lowest BCUT2D eigenvalue weighted by Gasteiger charge is -2.08. The molecule has 0 radical (unpaired) electrons. The molecular weight excluding hydrogens is 378 g/mol. The molecule has 1 amide bonds. The molecule has 0 atom stereocenters. The van der Waals surface area contributed by atoms with E-state index >= 15 is 0 Å². The summed E-state index contributed by atoms with van der Waals surface area (Å²) in [5.41, 5.74) is 2.16. The molecule has 0 saturated carbocycles. The second-order valence-corrected chi connectivity index (χ2v) is 6.09. The molecule has 116 valence electrons. The second kappa shape index (κ2) is 7.82. The van der Waals surface area contributed by atoms with Crippen molar-refractivity contribution in [2.24, 2.45) is 0 Å². The fraction of sp³-hybridized carbons (Fsp3) is 0.0588. The van der Waals surface area contributed by atoms with Crippen molar-refractivity contribution >= 4 is 44.8 Å². The molecule has 0 aliphatic heterocycles. The van der Waals surface area contributed by atoms with Crippen LogP contribution in [0.1, 0.15) is 5.56 Å². The van der Waals surface area contributed by atoms with Gasteiger partial charge in [0, 0.05) is 27.1 Å². The first-order valence-electron chi connectivity index (χ1n) is 6.69. The summed E-state index contributed by atoms with van der Waals surface area (Å²) in [6.07, 6.45) is 1.37. The molecule has 0 aliphatic rings. The zero-order valence-electron chi connectivity index (χ0n) is 12.2. The number of nitriles is 1. The van der Waals surface area contributed by atoms with E-state index < -0.39 is 5.91 Å². The molecule has 0 aromatic heterocycles. The average Bonchev–Trinajstić information content (AvgIpc) is 2.51. The highest BCUT2D eigenvalue weighted by Crippen LogP contribution is 2.21. The normalized spacial score (nSPS) is 10.8. The molecule has 0 aliphatic carbocycles. The standard InChI is InChI=1S/C17H13BrClN3O/c1-11-5-6-14(19)8-16(11)22-17(23)12(9-20)10-21-15-4-2-3-13(18)7-15/h2-8,10,21H,1H3,(H,22,23)/b12-10-. The first-order valence-corrected chi connectivity index (χ1v) is 7.86. The Labute approximate surface area is 147 Å². The minimum absolute atomic E-state index is 0.0376. The number of anilines is 2. The number of aryl methyl sites for hydroxylation is 1. The lowest BCUT2D eigenvalue weighted by molar-refractivity contribution is -0.112. The predicted molar refractivity (Wildman–Crippen MR) is 96.3 cm³/mol. The van der Waals surface area contributed by atoms with Crippen LogP contribution in [0.3, 0.4) is 0 Å². The van der Waals surface area contributed by atoms with Crippen LogP contribution in [0.4, 0.5) is 11.4 Å². The Morgan fingerprint density at radius 3 is 2.78 bits per heavy atom. The SMILES string of the molecule is Cc1ccc(Cl)cc1NC(=O)/C(C#N)=C\Nc1cccc(Br)c1. The first-order chi connectivity index (χ1) is 11.0. The molecule has 0 unspecified atom stereocenters. The number of nitrogens with zero attached hydrogens (tertiary/aromatic N) is 1. The van der Waals surface area contributed by atoms with Crippen molar-refractivity contribution in [1.29, 1.82) is 5.26 Å². The molecular formula is C17H13BrClN3O. The molecule has 2 aromatic carbocycles. The van der Waals surface area contributed by atoms with E-state index in [9.17, 15) is 10.1 Å². The van der Waals surface area contributed by atoms with E-state index in [2.05, 4.69) is 26.6 Å². The molecule has 0 fully saturated rings. The topological polar surface area (TPSA) is 64.9 Å². The van der Waals surface area contributed by atoms with Gasteiger partial charge in [0.25, 0.3) is 5.91 Å². The zero-order chi connectivity index (χ0) is 16.8. The summed E-state index contributed by atoms with van der Waals surface area (Å²) >= 11 is 9.28. The number of carbonyl (C=O) groups excluding carboxylic acids is 1. The zero-order valence-corrected chi connectivity index (χ0v) is 14.6. The summed E-state index contributed by atoms with van der Waals surface area (Å²) in [4.78, 5) is 12.2. The van der Waals surface area contributed by atoms with Crippen molar-refractivity contribution in [3.8, 4) is 6.07 Å². The van der Waals surface area contributed by atoms with E-state index in [4.69, 9.17) is 11.6 Å². The third-order valence-corrected chi connectivity index (χ3v) is 3.75. The lowest BCUT2D eigenvalue weighted by Crippen LogP contribution is -2.15. The van der Waals surface area contributed by atoms with Gasteiger partial charge in [0.2, 0.25) is 0 Å². The van der Waals surface area contributed by atoms with Crippen LogP contribution in [-0.4, -0.2) is 5.91 Å². The number of nitrogens with one attached hydrogen (secondary N) is 2. The van der Waals surface area contributed by atoms with Gasteiger partial charge in [-0.25, -0.2) is 0 Å². The predicted octanol–water partition coefficient (Wildman–Crippen LogP) is 4.87. The summed E-state index contributed by atoms with van der Waals surface area (Å²) in [5.74, 6) is -0.500. The van der Waals surface area contributed by atoms with Gasteiger partial charge in [0.15, 0.2) is 0 Å². The Morgan fingerprint density at radius 2 is 2.09 bits per heavy atom. The fourth-order valence-corrected chi connectivity index (χ4v) is 2.37. The Balaban J connectivity index is 2.14. The lowest BCUT2D eigenvalue weighted by atomic mass is 10.2. The minimum Gasteiger partial charge on any atom is -0.360 e. The van der Waals surface area contributed by atoms with Crippen molar-refractivity contribution in [2.45, 2.75) is 6.92 Å². The maximum Gasteiger partial charge on any atom is 0.267 e. The van der Waals surface area contributed by atoms with E-state index in [1.54, 1.807) is 18.2 Å². The quantitative estimate of drug-likeness (QED) is 0.578. The summed E-state index contributed by atoms with van der Waals surface area (Å²) in [5, 5.41) is 15.3. The number of rotatable bonds is 4. The van der Waals surface area contributed by atoms with E-state index in [1.807, 2.05) is 37.3 Å². The molecule has 0 saturated heterocycles. The Morgan fingerprint density at radius 1 is 1.30 bits per heavy atom. The molecule has 6 heteroatoms. The molecule has 2 aromatic rings. The first kappa shape index (κ1) is 17.1. The molecule has 0 bridgehead atoms. The molecule has 0 heterocycles. The van der Waals surface area contributed by atoms with Gasteiger partial charge in [-0.05, 0) is 42.8 Å². The van der Waals surface area contributed by atoms with Gasteiger partial charge in [-0.1, -0.05) is 39.7 Å². The van der Waals surface area contributed by atoms with Crippen LogP contribution in [-0.2, 0) is 4.79 Å². The largest absolute Gasteiger partial charge is 0.360 e. The van der Waals surface area contributed by atoms with Crippen LogP contribution in [0.5, 0.6) is 0 Å². The molecule has 0 spiro atoms. The van der Waals surface area contributed by atoms with E-state index in [1.165, 1.54) is 6.20 Å². The number of carbonyl (C=O) groups is 1. The number of hydrogen-bond acceptors (Lipinski definition) is 3. The highest BCUT2D eigenvalue weighted by atomic mass is 79.9. The summed E-state index contributed by atoms with van der Waals surface area (Å²) in [7, 11) is 0. The smallest absolute Gasteiger partial charge is 0.267 e. The van der Waals surface area contributed by atoms with Crippen LogP contribution in [0, 0.1) is 18.3 Å². The molecule has 2 rings (SSSR count). The third kappa shape index (κ3) is 4.85. The minimum atomic E-state index is -0.500. The van der Waals surface area contributed by atoms with Crippen LogP contribution in [0.15, 0.2) is 58.7 Å². The molecule has 23 heavy (non-hydrogen) atoms. The monoisotopic (exact) mass is 389 g/mol. The van der Waals surface area contributed by atoms with Gasteiger partial charge in [-0.3, -0.25) is 4.79 Å². The van der Waals surface area contributed by atoms with Crippen molar-refractivity contribution < 1.29 is 4.79 Å². The van der Waals surface area contributed by atoms with Crippen molar-refractivity contribution in [2.75, 3.05) is 10.6 Å². The number of hydrogen-bond donors (Lipinski definition) is 2. The maximum absolute atomic E-state index is 12.2. The second-order valence-electron chi connectivity index (χ2n) is 4.74. The Kier molecular flexibility index (Phi) is 5.80. The van der Waals surface area contributed by atoms with Gasteiger partial charge in [-0.15, -0.1) is 0 Å². The molecule has 4 nitrogen and oxygen atoms in total. The summed E-state index contributed by atoms with van der Waals surface area (Å²) in [6, 6.07) is 14.5. The number of amides is 1. The third-order valence-electron chi connectivity index (χ3n) is 3.02. The summed E-state index contributed by atoms with van der Waals surface area (Å²) < 4.78 is 0.897. The maximum atomic E-state index is 12.2. The molecule has 2 N–H and O–H groups in total. The Hall–Kier alpha value is -2.29. The van der Waals surface area contributed by atoms with Crippen LogP contribution >= 0.6 is 27.5 Å². The highest BCUT2D eigenvalue weighted by molar-refractivity contribution is 9.10. The van der Waals surface area contributed by atoms with Gasteiger partial charge >= 0.3 is 0 Å². The average molecular weight is 391 g/mol. The van der Waals surface area contributed by atoms with Gasteiger partial charge in [-0.2, -0.15) is 5.26 Å². The van der Waals surface area contributed by atoms with Crippen molar-refractivity contribution in [1.82, 2.24) is 0 Å². The van der Waals surface area contributed by atoms with Crippen molar-refractivity contribution in [3.63, 3.8) is 0 Å². The number of halogens is 2. The van der Waals surface area contributed by atoms with Crippen molar-refractivity contribution in [3.05, 3.63) is 69.3 Å². The van der Waals surface area contributed by atoms with Gasteiger partial charge in [0.05, 0.1) is 0 Å². The fourth-order valence-electron chi connectivity index (χ4n) is 1.80. The van der Waals surface area contributed by atoms with E-state index in [-0.39, 0.29) is 5.57 Å². The van der Waals surface area contributed by atoms with Crippen LogP contribution in [0.25, 0.3) is 0 Å². The number of benzene rings is 2. The van der Waals surface area contributed by atoms with Gasteiger partial charge < -0.3 is 10.6 Å². The van der Waals surface area contributed by atoms with E-state index in [0.29, 0.717) is 10.7 Å². The van der Waals surface area contributed by atoms with Gasteiger partial charge in [0.1, 0.15) is 11.6 Å². The summed E-state index contributed by atoms with van der Waals surface area (Å²) in [6.45, 7) is 1.85. The van der Waals surface area contributed by atoms with Crippen LogP contribution in [0.2, 0.25) is 5.02 Å². The Bertz CT molecular complexity index is 812. The van der Waals surface area contributed by atoms with E-state index in [0.717, 1.165) is 15.7 Å².